The molecular weight excluding hydrogens is 342 g/mol. The van der Waals surface area contributed by atoms with Crippen LogP contribution in [0.3, 0.4) is 0 Å². The van der Waals surface area contributed by atoms with E-state index in [-0.39, 0.29) is 4.90 Å². The average Bonchev–Trinajstić information content (AvgIpc) is 3.09. The Morgan fingerprint density at radius 2 is 1.96 bits per heavy atom. The number of hydrogen-bond donors (Lipinski definition) is 2. The van der Waals surface area contributed by atoms with E-state index in [0.717, 1.165) is 12.3 Å². The molecule has 2 aromatic rings. The van der Waals surface area contributed by atoms with Crippen LogP contribution in [0.2, 0.25) is 0 Å². The average molecular weight is 365 g/mol. The van der Waals surface area contributed by atoms with Gasteiger partial charge in [-0.2, -0.15) is 0 Å². The molecule has 0 amide bonds. The van der Waals surface area contributed by atoms with Crippen LogP contribution in [0.5, 0.6) is 5.75 Å². The maximum absolute atomic E-state index is 11.4. The molecule has 0 unspecified atom stereocenters. The number of benzene rings is 1. The molecule has 0 fully saturated rings. The number of furan rings is 1. The summed E-state index contributed by atoms with van der Waals surface area (Å²) in [4.78, 5) is 4.69. The Hall–Kier alpha value is -2.48. The summed E-state index contributed by atoms with van der Waals surface area (Å²) in [7, 11) is -3.19. The maximum Gasteiger partial charge on any atom is 0.191 e. The Kier molecular flexibility index (Phi) is 6.88. The van der Waals surface area contributed by atoms with Crippen molar-refractivity contribution in [3.05, 3.63) is 48.4 Å². The van der Waals surface area contributed by atoms with Crippen LogP contribution in [-0.2, 0) is 16.4 Å². The molecule has 0 aliphatic heterocycles. The van der Waals surface area contributed by atoms with Crippen LogP contribution in [0, 0.1) is 0 Å². The first-order valence-electron chi connectivity index (χ1n) is 7.96. The molecule has 0 aliphatic rings. The van der Waals surface area contributed by atoms with Crippen LogP contribution in [0.25, 0.3) is 0 Å². The van der Waals surface area contributed by atoms with Gasteiger partial charge in [0.2, 0.25) is 0 Å². The van der Waals surface area contributed by atoms with E-state index < -0.39 is 9.84 Å². The zero-order valence-corrected chi connectivity index (χ0v) is 15.2. The van der Waals surface area contributed by atoms with E-state index in [4.69, 9.17) is 9.15 Å². The summed E-state index contributed by atoms with van der Waals surface area (Å²) in [5.74, 6) is 2.08. The molecule has 25 heavy (non-hydrogen) atoms. The monoisotopic (exact) mass is 365 g/mol. The largest absolute Gasteiger partial charge is 0.492 e. The zero-order valence-electron chi connectivity index (χ0n) is 14.4. The molecule has 0 atom stereocenters. The molecule has 1 heterocycles. The van der Waals surface area contributed by atoms with Crippen molar-refractivity contribution < 1.29 is 17.6 Å². The number of sulfone groups is 1. The summed E-state index contributed by atoms with van der Waals surface area (Å²) in [6.07, 6.45) is 2.80. The normalized spacial score (nSPS) is 12.0. The molecule has 2 N–H and O–H groups in total. The predicted octanol–water partition coefficient (Wildman–Crippen LogP) is 1.82. The van der Waals surface area contributed by atoms with E-state index in [1.165, 1.54) is 18.4 Å². The SMILES string of the molecule is CCNC(=NCc1ccco1)NCCOc1ccc(S(C)(=O)=O)cc1. The maximum atomic E-state index is 11.4. The van der Waals surface area contributed by atoms with Gasteiger partial charge in [0.1, 0.15) is 24.7 Å². The van der Waals surface area contributed by atoms with Gasteiger partial charge in [-0.15, -0.1) is 0 Å². The van der Waals surface area contributed by atoms with Gasteiger partial charge in [0.25, 0.3) is 0 Å². The van der Waals surface area contributed by atoms with Gasteiger partial charge >= 0.3 is 0 Å². The molecule has 0 spiro atoms. The Morgan fingerprint density at radius 1 is 1.20 bits per heavy atom. The van der Waals surface area contributed by atoms with E-state index in [0.29, 0.717) is 31.4 Å². The van der Waals surface area contributed by atoms with Gasteiger partial charge < -0.3 is 19.8 Å². The first-order valence-corrected chi connectivity index (χ1v) is 9.85. The molecular formula is C17H23N3O4S. The van der Waals surface area contributed by atoms with Crippen molar-refractivity contribution in [2.24, 2.45) is 4.99 Å². The fraction of sp³-hybridized carbons (Fsp3) is 0.353. The number of hydrogen-bond acceptors (Lipinski definition) is 5. The summed E-state index contributed by atoms with van der Waals surface area (Å²) in [5, 5.41) is 6.31. The van der Waals surface area contributed by atoms with Gasteiger partial charge in [-0.05, 0) is 43.3 Å². The minimum absolute atomic E-state index is 0.275. The number of ether oxygens (including phenoxy) is 1. The van der Waals surface area contributed by atoms with Gasteiger partial charge in [-0.25, -0.2) is 13.4 Å². The van der Waals surface area contributed by atoms with Crippen molar-refractivity contribution in [3.63, 3.8) is 0 Å². The third kappa shape index (κ3) is 6.50. The van der Waals surface area contributed by atoms with Crippen LogP contribution in [0.15, 0.2) is 57.0 Å². The van der Waals surface area contributed by atoms with Crippen LogP contribution in [0.4, 0.5) is 0 Å². The molecule has 2 rings (SSSR count). The van der Waals surface area contributed by atoms with Gasteiger partial charge in [0.05, 0.1) is 17.7 Å². The summed E-state index contributed by atoms with van der Waals surface area (Å²) in [6.45, 7) is 4.17. The summed E-state index contributed by atoms with van der Waals surface area (Å²) < 4.78 is 33.7. The standard InChI is InChI=1S/C17H23N3O4S/c1-3-18-17(20-13-15-5-4-11-23-15)19-10-12-24-14-6-8-16(9-7-14)25(2,21)22/h4-9,11H,3,10,12-13H2,1-2H3,(H2,18,19,20). The summed E-state index contributed by atoms with van der Waals surface area (Å²) in [6, 6.07) is 10.1. The van der Waals surface area contributed by atoms with Gasteiger partial charge in [-0.3, -0.25) is 0 Å². The Balaban J connectivity index is 1.78. The lowest BCUT2D eigenvalue weighted by Gasteiger charge is -2.12. The number of aliphatic imine (C=N–C) groups is 1. The second-order valence-electron chi connectivity index (χ2n) is 5.29. The van der Waals surface area contributed by atoms with Crippen molar-refractivity contribution in [2.45, 2.75) is 18.4 Å². The number of nitrogens with one attached hydrogen (secondary N) is 2. The van der Waals surface area contributed by atoms with Crippen molar-refractivity contribution in [1.29, 1.82) is 0 Å². The summed E-state index contributed by atoms with van der Waals surface area (Å²) in [5.41, 5.74) is 0. The van der Waals surface area contributed by atoms with E-state index in [1.807, 2.05) is 19.1 Å². The fourth-order valence-electron chi connectivity index (χ4n) is 2.02. The zero-order chi connectivity index (χ0) is 18.1. The lowest BCUT2D eigenvalue weighted by molar-refractivity contribution is 0.321. The third-order valence-electron chi connectivity index (χ3n) is 3.23. The van der Waals surface area contributed by atoms with Gasteiger partial charge in [0, 0.05) is 12.8 Å². The third-order valence-corrected chi connectivity index (χ3v) is 4.36. The number of guanidine groups is 1. The molecule has 1 aromatic carbocycles. The Morgan fingerprint density at radius 3 is 2.56 bits per heavy atom. The van der Waals surface area contributed by atoms with Crippen molar-refractivity contribution in [3.8, 4) is 5.75 Å². The molecule has 7 nitrogen and oxygen atoms in total. The highest BCUT2D eigenvalue weighted by atomic mass is 32.2. The van der Waals surface area contributed by atoms with E-state index in [9.17, 15) is 8.42 Å². The van der Waals surface area contributed by atoms with Crippen LogP contribution >= 0.6 is 0 Å². The lowest BCUT2D eigenvalue weighted by atomic mass is 10.3. The minimum Gasteiger partial charge on any atom is -0.492 e. The quantitative estimate of drug-likeness (QED) is 0.421. The van der Waals surface area contributed by atoms with Crippen molar-refractivity contribution in [1.82, 2.24) is 10.6 Å². The highest BCUT2D eigenvalue weighted by Crippen LogP contribution is 2.15. The molecule has 1 aromatic heterocycles. The predicted molar refractivity (Wildman–Crippen MR) is 96.6 cm³/mol. The van der Waals surface area contributed by atoms with E-state index >= 15 is 0 Å². The van der Waals surface area contributed by atoms with Crippen LogP contribution < -0.4 is 15.4 Å². The molecule has 0 bridgehead atoms. The minimum atomic E-state index is -3.19. The van der Waals surface area contributed by atoms with E-state index in [2.05, 4.69) is 15.6 Å². The van der Waals surface area contributed by atoms with E-state index in [1.54, 1.807) is 18.4 Å². The molecule has 136 valence electrons. The Labute approximate surface area is 148 Å². The van der Waals surface area contributed by atoms with Crippen LogP contribution in [0.1, 0.15) is 12.7 Å². The molecule has 0 saturated carbocycles. The lowest BCUT2D eigenvalue weighted by Crippen LogP contribution is -2.39. The van der Waals surface area contributed by atoms with Gasteiger partial charge in [-0.1, -0.05) is 0 Å². The summed E-state index contributed by atoms with van der Waals surface area (Å²) >= 11 is 0. The van der Waals surface area contributed by atoms with Crippen molar-refractivity contribution >= 4 is 15.8 Å². The smallest absolute Gasteiger partial charge is 0.191 e. The first kappa shape index (κ1) is 18.9. The molecule has 8 heteroatoms. The highest BCUT2D eigenvalue weighted by Gasteiger charge is 2.06. The Bertz CT molecular complexity index is 769. The second-order valence-corrected chi connectivity index (χ2v) is 7.31. The second kappa shape index (κ2) is 9.12. The van der Waals surface area contributed by atoms with Crippen molar-refractivity contribution in [2.75, 3.05) is 26.0 Å². The number of nitrogens with zero attached hydrogens (tertiary/aromatic N) is 1. The topological polar surface area (TPSA) is 92.9 Å². The van der Waals surface area contributed by atoms with Crippen LogP contribution in [-0.4, -0.2) is 40.3 Å². The molecule has 0 radical (unpaired) electrons. The molecule has 0 aliphatic carbocycles. The first-order chi connectivity index (χ1) is 12.0. The highest BCUT2D eigenvalue weighted by molar-refractivity contribution is 7.90. The fourth-order valence-corrected chi connectivity index (χ4v) is 2.65. The van der Waals surface area contributed by atoms with Gasteiger partial charge in [0.15, 0.2) is 15.8 Å². The number of rotatable bonds is 8. The molecule has 0 saturated heterocycles.